The van der Waals surface area contributed by atoms with E-state index in [-0.39, 0.29) is 31.2 Å². The van der Waals surface area contributed by atoms with Crippen LogP contribution in [0.5, 0.6) is 11.8 Å². The Morgan fingerprint density at radius 1 is 1.12 bits per heavy atom. The molecule has 11 heteroatoms. The highest BCUT2D eigenvalue weighted by atomic mass is 16.5. The van der Waals surface area contributed by atoms with Gasteiger partial charge in [0.25, 0.3) is 0 Å². The van der Waals surface area contributed by atoms with Crippen LogP contribution in [0.2, 0.25) is 0 Å². The van der Waals surface area contributed by atoms with Gasteiger partial charge in [-0.25, -0.2) is 4.79 Å². The van der Waals surface area contributed by atoms with E-state index in [4.69, 9.17) is 15.2 Å². The number of methoxy groups -OCH3 is 1. The highest BCUT2D eigenvalue weighted by Gasteiger charge is 2.57. The maximum atomic E-state index is 13.6. The van der Waals surface area contributed by atoms with Gasteiger partial charge < -0.3 is 20.5 Å². The van der Waals surface area contributed by atoms with Crippen LogP contribution in [-0.4, -0.2) is 64.3 Å². The fourth-order valence-corrected chi connectivity index (χ4v) is 5.55. The van der Waals surface area contributed by atoms with Gasteiger partial charge in [0.1, 0.15) is 11.6 Å². The second-order valence-corrected chi connectivity index (χ2v) is 10.5. The van der Waals surface area contributed by atoms with E-state index in [0.717, 1.165) is 23.3 Å². The van der Waals surface area contributed by atoms with Crippen LogP contribution in [0.4, 0.5) is 4.79 Å². The second kappa shape index (κ2) is 11.4. The summed E-state index contributed by atoms with van der Waals surface area (Å²) in [6.07, 6.45) is 8.14. The quantitative estimate of drug-likeness (QED) is 0.543. The summed E-state index contributed by atoms with van der Waals surface area (Å²) in [5.74, 6) is -1.88. The van der Waals surface area contributed by atoms with Gasteiger partial charge in [-0.2, -0.15) is 9.97 Å². The van der Waals surface area contributed by atoms with Crippen molar-refractivity contribution >= 4 is 24.1 Å². The molecule has 3 N–H and O–H groups in total. The highest BCUT2D eigenvalue weighted by molar-refractivity contribution is 5.98. The molecule has 2 aliphatic carbocycles. The molecule has 2 fully saturated rings. The van der Waals surface area contributed by atoms with Gasteiger partial charge in [-0.1, -0.05) is 42.5 Å². The van der Waals surface area contributed by atoms with Gasteiger partial charge in [0.2, 0.25) is 29.9 Å². The molecule has 1 aromatic heterocycles. The molecule has 2 aromatic rings. The molecular weight excluding hydrogens is 514 g/mol. The number of amides is 4. The molecule has 1 aromatic carbocycles. The van der Waals surface area contributed by atoms with Crippen LogP contribution >= 0.6 is 0 Å². The van der Waals surface area contributed by atoms with Crippen LogP contribution in [0.1, 0.15) is 38.5 Å². The average Bonchev–Trinajstić information content (AvgIpc) is 3.47. The molecule has 5 atom stereocenters. The Kier molecular flexibility index (Phi) is 7.81. The first-order chi connectivity index (χ1) is 19.3. The number of allylic oxidation sites excluding steroid dienone is 1. The number of imide groups is 1. The zero-order valence-electron chi connectivity index (χ0n) is 22.2. The zero-order valence-corrected chi connectivity index (χ0v) is 22.2. The Morgan fingerprint density at radius 2 is 1.88 bits per heavy atom. The molecule has 5 rings (SSSR count). The number of urea groups is 1. The minimum atomic E-state index is -1.10. The largest absolute Gasteiger partial charge is 0.481 e. The first-order valence-corrected chi connectivity index (χ1v) is 13.5. The number of fused-ring (bicyclic) bond motifs is 2. The number of nitrogens with one attached hydrogen (secondary N) is 1. The maximum Gasteiger partial charge on any atom is 0.321 e. The number of primary amides is 1. The van der Waals surface area contributed by atoms with Crippen molar-refractivity contribution in [3.8, 4) is 23.1 Å². The molecule has 40 heavy (non-hydrogen) atoms. The normalized spacial score (nSPS) is 29.3. The van der Waals surface area contributed by atoms with Crippen molar-refractivity contribution in [2.75, 3.05) is 13.7 Å². The molecule has 5 unspecified atom stereocenters. The monoisotopic (exact) mass is 546 g/mol. The van der Waals surface area contributed by atoms with Crippen molar-refractivity contribution in [1.82, 2.24) is 20.2 Å². The van der Waals surface area contributed by atoms with Crippen LogP contribution in [0.3, 0.4) is 0 Å². The summed E-state index contributed by atoms with van der Waals surface area (Å²) in [5.41, 5.74) is 5.25. The Labute approximate surface area is 232 Å². The first-order valence-electron chi connectivity index (χ1n) is 13.5. The Bertz CT molecular complexity index is 1320. The number of ether oxygens (including phenoxy) is 2. The van der Waals surface area contributed by atoms with Crippen molar-refractivity contribution < 1.29 is 28.7 Å². The van der Waals surface area contributed by atoms with Gasteiger partial charge in [-0.15, -0.1) is 0 Å². The summed E-state index contributed by atoms with van der Waals surface area (Å²) >= 11 is 0. The van der Waals surface area contributed by atoms with E-state index in [0.29, 0.717) is 24.5 Å². The third-order valence-corrected chi connectivity index (χ3v) is 7.83. The summed E-state index contributed by atoms with van der Waals surface area (Å²) in [6.45, 7) is 0.164. The lowest BCUT2D eigenvalue weighted by atomic mass is 9.93. The van der Waals surface area contributed by atoms with Crippen LogP contribution in [0.15, 0.2) is 48.6 Å². The first kappa shape index (κ1) is 27.3. The van der Waals surface area contributed by atoms with Crippen molar-refractivity contribution in [3.63, 3.8) is 0 Å². The summed E-state index contributed by atoms with van der Waals surface area (Å²) in [5, 5.41) is 2.84. The van der Waals surface area contributed by atoms with E-state index in [9.17, 15) is 19.2 Å². The minimum absolute atomic E-state index is 0.133. The molecule has 2 saturated carbocycles. The summed E-state index contributed by atoms with van der Waals surface area (Å²) in [6, 6.07) is 10.0. The Balaban J connectivity index is 1.42. The highest BCUT2D eigenvalue weighted by Crippen LogP contribution is 2.45. The summed E-state index contributed by atoms with van der Waals surface area (Å²) in [4.78, 5) is 61.2. The molecular formula is C29H32N5O6. The Morgan fingerprint density at radius 3 is 2.60 bits per heavy atom. The molecule has 2 heterocycles. The zero-order chi connectivity index (χ0) is 28.3. The van der Waals surface area contributed by atoms with Gasteiger partial charge in [-0.3, -0.25) is 19.3 Å². The number of rotatable bonds is 5. The SMILES string of the molecule is COc1cc(OC2CC3C(=O)NC4([C]=O)CC4/C=C/CCCCN(C(N)=O)C(=O)C3C2)nc(-c2ccccc2)n1. The number of nitrogens with zero attached hydrogens (tertiary/aromatic N) is 3. The fourth-order valence-electron chi connectivity index (χ4n) is 5.55. The average molecular weight is 547 g/mol. The topological polar surface area (TPSA) is 154 Å². The predicted octanol–water partition coefficient (Wildman–Crippen LogP) is 2.56. The number of hydrogen-bond acceptors (Lipinski definition) is 8. The minimum Gasteiger partial charge on any atom is -0.481 e. The molecule has 1 radical (unpaired) electrons. The van der Waals surface area contributed by atoms with Gasteiger partial charge in [-0.05, 0) is 38.5 Å². The molecule has 0 saturated heterocycles. The van der Waals surface area contributed by atoms with Crippen LogP contribution in [0, 0.1) is 17.8 Å². The van der Waals surface area contributed by atoms with Gasteiger partial charge in [0.05, 0.1) is 25.0 Å². The van der Waals surface area contributed by atoms with Gasteiger partial charge in [0, 0.05) is 18.0 Å². The van der Waals surface area contributed by atoms with E-state index >= 15 is 0 Å². The predicted molar refractivity (Wildman–Crippen MR) is 144 cm³/mol. The fraction of sp³-hybridized carbons (Fsp3) is 0.448. The smallest absolute Gasteiger partial charge is 0.321 e. The summed E-state index contributed by atoms with van der Waals surface area (Å²) < 4.78 is 11.5. The van der Waals surface area contributed by atoms with Crippen LogP contribution < -0.4 is 20.5 Å². The molecule has 3 aliphatic rings. The van der Waals surface area contributed by atoms with Crippen LogP contribution in [0.25, 0.3) is 11.4 Å². The number of nitrogens with two attached hydrogens (primary N) is 1. The second-order valence-electron chi connectivity index (χ2n) is 10.5. The number of aromatic nitrogens is 2. The number of hydrogen-bond donors (Lipinski definition) is 2. The lowest BCUT2D eigenvalue weighted by Gasteiger charge is -2.26. The van der Waals surface area contributed by atoms with E-state index in [1.165, 1.54) is 7.11 Å². The number of benzene rings is 1. The van der Waals surface area contributed by atoms with Crippen molar-refractivity contribution in [2.45, 2.75) is 50.2 Å². The van der Waals surface area contributed by atoms with E-state index in [1.807, 2.05) is 48.8 Å². The molecule has 0 bridgehead atoms. The Hall–Kier alpha value is -4.28. The van der Waals surface area contributed by atoms with Crippen LogP contribution in [-0.2, 0) is 14.4 Å². The van der Waals surface area contributed by atoms with Crippen molar-refractivity contribution in [3.05, 3.63) is 48.6 Å². The third-order valence-electron chi connectivity index (χ3n) is 7.83. The lowest BCUT2D eigenvalue weighted by molar-refractivity contribution is -0.138. The van der Waals surface area contributed by atoms with E-state index < -0.39 is 41.3 Å². The lowest BCUT2D eigenvalue weighted by Crippen LogP contribution is -2.49. The third kappa shape index (κ3) is 5.68. The van der Waals surface area contributed by atoms with E-state index in [1.54, 1.807) is 6.07 Å². The molecule has 0 spiro atoms. The number of carbonyl (C=O) groups is 3. The van der Waals surface area contributed by atoms with Crippen molar-refractivity contribution in [2.24, 2.45) is 23.5 Å². The maximum absolute atomic E-state index is 13.6. The van der Waals surface area contributed by atoms with E-state index in [2.05, 4.69) is 15.3 Å². The molecule has 4 amide bonds. The molecule has 11 nitrogen and oxygen atoms in total. The molecule has 209 valence electrons. The van der Waals surface area contributed by atoms with Crippen molar-refractivity contribution in [1.29, 1.82) is 0 Å². The standard InChI is InChI=1S/C29H32N5O6/c1-39-23-15-24(32-25(31-23)18-9-5-4-6-10-18)40-20-13-21-22(14-20)27(37)34(28(30)38)12-8-3-2-7-11-19-16-29(19,17-35)33-26(21)36/h4-7,9-11,15,19-22H,2-3,8,12-14,16H2,1H3,(H2,30,38)(H,33,36)/b11-7+. The summed E-state index contributed by atoms with van der Waals surface area (Å²) in [7, 11) is 1.49. The van der Waals surface area contributed by atoms with Gasteiger partial charge in [0.15, 0.2) is 5.82 Å². The molecule has 1 aliphatic heterocycles. The number of carbonyl (C=O) groups excluding carboxylic acids is 4. The van der Waals surface area contributed by atoms with Gasteiger partial charge >= 0.3 is 6.03 Å².